The molecular weight excluding hydrogens is 354 g/mol. The zero-order valence-electron chi connectivity index (χ0n) is 16.4. The minimum absolute atomic E-state index is 0.0926. The van der Waals surface area contributed by atoms with Gasteiger partial charge in [-0.3, -0.25) is 4.79 Å². The molecule has 2 aromatic rings. The highest BCUT2D eigenvalue weighted by Gasteiger charge is 2.41. The number of hydrogen-bond acceptors (Lipinski definition) is 4. The average molecular weight is 380 g/mol. The van der Waals surface area contributed by atoms with Crippen molar-refractivity contribution < 1.29 is 19.4 Å². The molecule has 1 aliphatic rings. The molecule has 5 nitrogen and oxygen atoms in total. The average Bonchev–Trinajstić information content (AvgIpc) is 2.68. The van der Waals surface area contributed by atoms with Gasteiger partial charge < -0.3 is 20.0 Å². The predicted octanol–water partition coefficient (Wildman–Crippen LogP) is 2.70. The zero-order valence-corrected chi connectivity index (χ0v) is 16.4. The first kappa shape index (κ1) is 20.1. The van der Waals surface area contributed by atoms with E-state index in [9.17, 15) is 14.7 Å². The van der Waals surface area contributed by atoms with Gasteiger partial charge in [0, 0.05) is 29.7 Å². The summed E-state index contributed by atoms with van der Waals surface area (Å²) < 4.78 is 5.92. The zero-order chi connectivity index (χ0) is 20.2. The highest BCUT2D eigenvalue weighted by atomic mass is 16.5. The maximum absolute atomic E-state index is 12.6. The van der Waals surface area contributed by atoms with E-state index < -0.39 is 11.9 Å². The van der Waals surface area contributed by atoms with E-state index in [1.807, 2.05) is 18.2 Å². The minimum atomic E-state index is -1.35. The molecule has 0 spiro atoms. The Hall–Kier alpha value is -2.66. The van der Waals surface area contributed by atoms with E-state index in [2.05, 4.69) is 31.3 Å². The van der Waals surface area contributed by atoms with Crippen molar-refractivity contribution in [1.29, 1.82) is 0 Å². The molecule has 0 aliphatic carbocycles. The first-order valence-corrected chi connectivity index (χ1v) is 9.61. The van der Waals surface area contributed by atoms with Crippen LogP contribution in [-0.4, -0.2) is 30.6 Å². The third-order valence-corrected chi connectivity index (χ3v) is 5.50. The second-order valence-electron chi connectivity index (χ2n) is 8.02. The standard InChI is InChI=1S/C23H27NO4/c1-22(2)16-23(13-15-28-22,17-8-4-3-5-9-17)12-14-24-20(25)18-10-6-7-11-19(18)21(26)27/h3-11H,12-16H2,1-2H3,(H,24,25)(H,26,27)/p-1/t23-/m1/s1. The summed E-state index contributed by atoms with van der Waals surface area (Å²) in [6.45, 7) is 5.31. The molecular formula is C23H26NO4-. The lowest BCUT2D eigenvalue weighted by Crippen LogP contribution is -2.45. The third-order valence-electron chi connectivity index (χ3n) is 5.50. The molecule has 0 aromatic heterocycles. The number of benzene rings is 2. The molecule has 148 valence electrons. The van der Waals surface area contributed by atoms with Gasteiger partial charge >= 0.3 is 0 Å². The Morgan fingerprint density at radius 3 is 2.32 bits per heavy atom. The molecule has 2 aromatic carbocycles. The Kier molecular flexibility index (Phi) is 5.84. The summed E-state index contributed by atoms with van der Waals surface area (Å²) in [6.07, 6.45) is 2.49. The van der Waals surface area contributed by atoms with Gasteiger partial charge in [0.2, 0.25) is 0 Å². The Bertz CT molecular complexity index is 847. The number of rotatable bonds is 6. The van der Waals surface area contributed by atoms with Crippen LogP contribution in [0.25, 0.3) is 0 Å². The van der Waals surface area contributed by atoms with E-state index in [-0.39, 0.29) is 22.1 Å². The Morgan fingerprint density at radius 2 is 1.68 bits per heavy atom. The van der Waals surface area contributed by atoms with Gasteiger partial charge in [-0.05, 0) is 44.7 Å². The monoisotopic (exact) mass is 380 g/mol. The van der Waals surface area contributed by atoms with E-state index in [1.54, 1.807) is 12.1 Å². The van der Waals surface area contributed by atoms with Crippen molar-refractivity contribution in [3.63, 3.8) is 0 Å². The Morgan fingerprint density at radius 1 is 1.04 bits per heavy atom. The van der Waals surface area contributed by atoms with Crippen LogP contribution >= 0.6 is 0 Å². The molecule has 28 heavy (non-hydrogen) atoms. The first-order valence-electron chi connectivity index (χ1n) is 9.61. The van der Waals surface area contributed by atoms with Gasteiger partial charge in [0.05, 0.1) is 11.6 Å². The van der Waals surface area contributed by atoms with Gasteiger partial charge in [0.25, 0.3) is 5.91 Å². The number of carbonyl (C=O) groups is 2. The van der Waals surface area contributed by atoms with E-state index in [0.29, 0.717) is 13.2 Å². The largest absolute Gasteiger partial charge is 0.545 e. The molecule has 1 atom stereocenters. The van der Waals surface area contributed by atoms with Gasteiger partial charge in [-0.15, -0.1) is 0 Å². The second kappa shape index (κ2) is 8.15. The summed E-state index contributed by atoms with van der Waals surface area (Å²) in [7, 11) is 0. The number of ether oxygens (including phenoxy) is 1. The Balaban J connectivity index is 1.75. The fourth-order valence-electron chi connectivity index (χ4n) is 4.24. The fourth-order valence-corrected chi connectivity index (χ4v) is 4.24. The Labute approximate surface area is 165 Å². The minimum Gasteiger partial charge on any atom is -0.545 e. The normalized spacial score (nSPS) is 21.1. The lowest BCUT2D eigenvalue weighted by atomic mass is 9.67. The second-order valence-corrected chi connectivity index (χ2v) is 8.02. The van der Waals surface area contributed by atoms with Crippen LogP contribution in [0, 0.1) is 0 Å². The van der Waals surface area contributed by atoms with Crippen LogP contribution in [0.3, 0.4) is 0 Å². The predicted molar refractivity (Wildman–Crippen MR) is 105 cm³/mol. The van der Waals surface area contributed by atoms with Crippen molar-refractivity contribution in [1.82, 2.24) is 5.32 Å². The summed E-state index contributed by atoms with van der Waals surface area (Å²) in [6, 6.07) is 16.5. The van der Waals surface area contributed by atoms with Crippen molar-refractivity contribution in [2.45, 2.75) is 44.1 Å². The molecule has 0 unspecified atom stereocenters. The first-order chi connectivity index (χ1) is 13.3. The van der Waals surface area contributed by atoms with Crippen molar-refractivity contribution >= 4 is 11.9 Å². The number of carboxylic acid groups (broad SMARTS) is 1. The van der Waals surface area contributed by atoms with E-state index >= 15 is 0 Å². The van der Waals surface area contributed by atoms with Crippen molar-refractivity contribution in [2.24, 2.45) is 0 Å². The van der Waals surface area contributed by atoms with Crippen LogP contribution in [-0.2, 0) is 10.2 Å². The highest BCUT2D eigenvalue weighted by molar-refractivity contribution is 6.04. The van der Waals surface area contributed by atoms with Gasteiger partial charge in [0.15, 0.2) is 0 Å². The molecule has 5 heteroatoms. The maximum atomic E-state index is 12.6. The fraction of sp³-hybridized carbons (Fsp3) is 0.391. The smallest absolute Gasteiger partial charge is 0.251 e. The molecule has 1 amide bonds. The quantitative estimate of drug-likeness (QED) is 0.836. The van der Waals surface area contributed by atoms with E-state index in [0.717, 1.165) is 19.3 Å². The molecule has 1 aliphatic heterocycles. The molecule has 1 fully saturated rings. The number of hydrogen-bond donors (Lipinski definition) is 1. The van der Waals surface area contributed by atoms with Crippen LogP contribution in [0.5, 0.6) is 0 Å². The third kappa shape index (κ3) is 4.42. The molecule has 1 heterocycles. The van der Waals surface area contributed by atoms with Crippen molar-refractivity contribution in [3.05, 3.63) is 71.3 Å². The van der Waals surface area contributed by atoms with E-state index in [1.165, 1.54) is 17.7 Å². The number of nitrogens with one attached hydrogen (secondary N) is 1. The topological polar surface area (TPSA) is 78.5 Å². The summed E-state index contributed by atoms with van der Waals surface area (Å²) >= 11 is 0. The lowest BCUT2D eigenvalue weighted by Gasteiger charge is -2.45. The summed E-state index contributed by atoms with van der Waals surface area (Å²) in [5, 5.41) is 14.1. The van der Waals surface area contributed by atoms with Gasteiger partial charge in [0.1, 0.15) is 0 Å². The maximum Gasteiger partial charge on any atom is 0.251 e. The van der Waals surface area contributed by atoms with Gasteiger partial charge in [-0.1, -0.05) is 48.5 Å². The highest BCUT2D eigenvalue weighted by Crippen LogP contribution is 2.43. The molecule has 0 radical (unpaired) electrons. The number of amides is 1. The lowest BCUT2D eigenvalue weighted by molar-refractivity contribution is -0.255. The van der Waals surface area contributed by atoms with Crippen LogP contribution in [0.1, 0.15) is 59.4 Å². The molecule has 3 rings (SSSR count). The van der Waals surface area contributed by atoms with Gasteiger partial charge in [-0.2, -0.15) is 0 Å². The molecule has 1 N–H and O–H groups in total. The van der Waals surface area contributed by atoms with Crippen LogP contribution in [0.15, 0.2) is 54.6 Å². The molecule has 1 saturated heterocycles. The summed E-state index contributed by atoms with van der Waals surface area (Å²) in [5.74, 6) is -1.74. The molecule has 0 saturated carbocycles. The molecule has 0 bridgehead atoms. The van der Waals surface area contributed by atoms with Crippen LogP contribution < -0.4 is 10.4 Å². The number of carbonyl (C=O) groups excluding carboxylic acids is 2. The van der Waals surface area contributed by atoms with Crippen LogP contribution in [0.4, 0.5) is 0 Å². The summed E-state index contributed by atoms with van der Waals surface area (Å²) in [5.41, 5.74) is 0.952. The SMILES string of the molecule is CC1(C)C[C@](CCNC(=O)c2ccccc2C(=O)[O-])(c2ccccc2)CCO1. The van der Waals surface area contributed by atoms with E-state index in [4.69, 9.17) is 4.74 Å². The number of aromatic carboxylic acids is 1. The van der Waals surface area contributed by atoms with Crippen molar-refractivity contribution in [3.8, 4) is 0 Å². The van der Waals surface area contributed by atoms with Gasteiger partial charge in [-0.25, -0.2) is 0 Å². The summed E-state index contributed by atoms with van der Waals surface area (Å²) in [4.78, 5) is 23.8. The van der Waals surface area contributed by atoms with Crippen LogP contribution in [0.2, 0.25) is 0 Å². The number of carboxylic acids is 1. The van der Waals surface area contributed by atoms with Crippen molar-refractivity contribution in [2.75, 3.05) is 13.2 Å².